The number of hydroxylamine groups is 1. The zero-order valence-corrected chi connectivity index (χ0v) is 10.6. The number of hydrogen-bond donors (Lipinski definition) is 1. The van der Waals surface area contributed by atoms with Crippen molar-refractivity contribution in [2.24, 2.45) is 10.9 Å². The van der Waals surface area contributed by atoms with Crippen LogP contribution in [0.4, 0.5) is 4.39 Å². The van der Waals surface area contributed by atoms with Crippen LogP contribution in [-0.4, -0.2) is 36.1 Å². The van der Waals surface area contributed by atoms with Crippen LogP contribution in [0.1, 0.15) is 18.4 Å². The fourth-order valence-corrected chi connectivity index (χ4v) is 3.34. The molecule has 2 bridgehead atoms. The van der Waals surface area contributed by atoms with Crippen LogP contribution >= 0.6 is 0 Å². The number of fused-ring (bicyclic) bond motifs is 2. The number of halogens is 1. The zero-order chi connectivity index (χ0) is 12.9. The Hall–Kier alpha value is -1.46. The predicted molar refractivity (Wildman–Crippen MR) is 69.1 cm³/mol. The topological polar surface area (TPSA) is 36.9 Å². The van der Waals surface area contributed by atoms with Gasteiger partial charge in [0.1, 0.15) is 5.82 Å². The minimum Gasteiger partial charge on any atom is -0.298 e. The van der Waals surface area contributed by atoms with Crippen LogP contribution in [0.2, 0.25) is 0 Å². The first-order chi connectivity index (χ1) is 9.25. The molecule has 19 heavy (non-hydrogen) atoms. The van der Waals surface area contributed by atoms with E-state index >= 15 is 0 Å². The molecule has 1 spiro atoms. The summed E-state index contributed by atoms with van der Waals surface area (Å²) in [6.45, 7) is 3.16. The van der Waals surface area contributed by atoms with Crippen molar-refractivity contribution in [3.05, 3.63) is 35.6 Å². The molecule has 1 N–H and O–H groups in total. The summed E-state index contributed by atoms with van der Waals surface area (Å²) in [6.07, 6.45) is 2.28. The first kappa shape index (κ1) is 11.4. The average molecular weight is 261 g/mol. The van der Waals surface area contributed by atoms with Gasteiger partial charge in [0, 0.05) is 11.5 Å². The summed E-state index contributed by atoms with van der Waals surface area (Å²) in [5, 5.41) is 0. The number of hydrogen-bond acceptors (Lipinski definition) is 4. The molecule has 1 aromatic rings. The van der Waals surface area contributed by atoms with E-state index in [1.807, 2.05) is 0 Å². The van der Waals surface area contributed by atoms with Gasteiger partial charge < -0.3 is 0 Å². The number of rotatable bonds is 1. The van der Waals surface area contributed by atoms with Gasteiger partial charge in [0.15, 0.2) is 5.84 Å². The highest BCUT2D eigenvalue weighted by molar-refractivity contribution is 5.99. The van der Waals surface area contributed by atoms with Crippen LogP contribution in [0.5, 0.6) is 0 Å². The van der Waals surface area contributed by atoms with Crippen molar-refractivity contribution in [3.63, 3.8) is 0 Å². The van der Waals surface area contributed by atoms with Crippen molar-refractivity contribution >= 4 is 5.84 Å². The van der Waals surface area contributed by atoms with E-state index in [2.05, 4.69) is 10.4 Å². The highest BCUT2D eigenvalue weighted by Crippen LogP contribution is 2.40. The van der Waals surface area contributed by atoms with Crippen molar-refractivity contribution in [2.75, 3.05) is 19.6 Å². The number of nitrogens with zero attached hydrogens (tertiary/aromatic N) is 2. The molecule has 5 heteroatoms. The van der Waals surface area contributed by atoms with Crippen molar-refractivity contribution in [1.29, 1.82) is 0 Å². The number of benzene rings is 1. The van der Waals surface area contributed by atoms with E-state index in [1.165, 1.54) is 12.1 Å². The van der Waals surface area contributed by atoms with E-state index < -0.39 is 5.72 Å². The molecule has 4 aliphatic heterocycles. The van der Waals surface area contributed by atoms with Crippen molar-refractivity contribution < 1.29 is 9.23 Å². The molecule has 4 heterocycles. The van der Waals surface area contributed by atoms with Crippen molar-refractivity contribution in [3.8, 4) is 0 Å². The SMILES string of the molecule is Fc1ccc(C2=N[C@]3(CN4CCC3CC4)ON2)cc1. The van der Waals surface area contributed by atoms with E-state index in [-0.39, 0.29) is 5.82 Å². The molecule has 100 valence electrons. The highest BCUT2D eigenvalue weighted by Gasteiger charge is 2.51. The second-order valence-electron chi connectivity index (χ2n) is 5.57. The number of amidine groups is 1. The molecular weight excluding hydrogens is 245 g/mol. The smallest absolute Gasteiger partial charge is 0.202 e. The van der Waals surface area contributed by atoms with Crippen LogP contribution in [0.25, 0.3) is 0 Å². The third-order valence-electron chi connectivity index (χ3n) is 4.42. The Kier molecular flexibility index (Phi) is 2.40. The Bertz CT molecular complexity index is 522. The second kappa shape index (κ2) is 4.02. The lowest BCUT2D eigenvalue weighted by Gasteiger charge is -2.47. The molecule has 0 saturated carbocycles. The predicted octanol–water partition coefficient (Wildman–Crippen LogP) is 1.53. The maximum atomic E-state index is 12.9. The minimum atomic E-state index is -0.430. The maximum Gasteiger partial charge on any atom is 0.202 e. The fraction of sp³-hybridized carbons (Fsp3) is 0.500. The van der Waals surface area contributed by atoms with E-state index in [1.54, 1.807) is 12.1 Å². The molecule has 0 radical (unpaired) electrons. The molecule has 4 aliphatic rings. The van der Waals surface area contributed by atoms with Crippen LogP contribution < -0.4 is 5.48 Å². The molecule has 5 rings (SSSR count). The molecule has 1 aromatic carbocycles. The third kappa shape index (κ3) is 1.76. The second-order valence-corrected chi connectivity index (χ2v) is 5.57. The largest absolute Gasteiger partial charge is 0.298 e. The summed E-state index contributed by atoms with van der Waals surface area (Å²) in [4.78, 5) is 13.0. The molecule has 4 nitrogen and oxygen atoms in total. The third-order valence-corrected chi connectivity index (χ3v) is 4.42. The standard InChI is InChI=1S/C14H16FN3O/c15-12-3-1-10(2-4-12)13-16-14(19-17-13)9-18-7-5-11(14)6-8-18/h1-4,11H,5-9H2,(H,16,17)/t14-/m1/s1. The van der Waals surface area contributed by atoms with Gasteiger partial charge in [0.25, 0.3) is 0 Å². The number of nitrogens with one attached hydrogen (secondary N) is 1. The van der Waals surface area contributed by atoms with E-state index in [0.717, 1.165) is 38.0 Å². The van der Waals surface area contributed by atoms with Gasteiger partial charge in [0.05, 0.1) is 6.54 Å². The number of piperidine rings is 3. The Morgan fingerprint density at radius 3 is 2.63 bits per heavy atom. The van der Waals surface area contributed by atoms with Gasteiger partial charge in [-0.05, 0) is 50.2 Å². The van der Waals surface area contributed by atoms with E-state index in [0.29, 0.717) is 11.8 Å². The summed E-state index contributed by atoms with van der Waals surface area (Å²) >= 11 is 0. The van der Waals surface area contributed by atoms with Crippen molar-refractivity contribution in [1.82, 2.24) is 10.4 Å². The molecule has 0 aliphatic carbocycles. The van der Waals surface area contributed by atoms with E-state index in [4.69, 9.17) is 9.83 Å². The molecule has 3 fully saturated rings. The Morgan fingerprint density at radius 2 is 2.00 bits per heavy atom. The zero-order valence-electron chi connectivity index (χ0n) is 10.6. The monoisotopic (exact) mass is 261 g/mol. The molecule has 1 atom stereocenters. The summed E-state index contributed by atoms with van der Waals surface area (Å²) in [5.41, 5.74) is 3.38. The van der Waals surface area contributed by atoms with Gasteiger partial charge in [-0.25, -0.2) is 19.7 Å². The Balaban J connectivity index is 1.65. The number of aliphatic imine (C=N–C) groups is 1. The van der Waals surface area contributed by atoms with Gasteiger partial charge in [-0.1, -0.05) is 0 Å². The van der Waals surface area contributed by atoms with Crippen LogP contribution in [0.3, 0.4) is 0 Å². The van der Waals surface area contributed by atoms with Gasteiger partial charge in [0.2, 0.25) is 5.72 Å². The first-order valence-corrected chi connectivity index (χ1v) is 6.77. The Labute approximate surface area is 111 Å². The van der Waals surface area contributed by atoms with Gasteiger partial charge in [-0.3, -0.25) is 4.90 Å². The van der Waals surface area contributed by atoms with Crippen LogP contribution in [-0.2, 0) is 4.84 Å². The molecular formula is C14H16FN3O. The fourth-order valence-electron chi connectivity index (χ4n) is 3.34. The van der Waals surface area contributed by atoms with Gasteiger partial charge in [-0.2, -0.15) is 0 Å². The lowest BCUT2D eigenvalue weighted by Crippen LogP contribution is -2.58. The average Bonchev–Trinajstić information content (AvgIpc) is 2.85. The van der Waals surface area contributed by atoms with E-state index in [9.17, 15) is 4.39 Å². The quantitative estimate of drug-likeness (QED) is 0.833. The lowest BCUT2D eigenvalue weighted by atomic mass is 9.81. The van der Waals surface area contributed by atoms with Crippen LogP contribution in [0.15, 0.2) is 29.3 Å². The van der Waals surface area contributed by atoms with Crippen LogP contribution in [0, 0.1) is 11.7 Å². The summed E-state index contributed by atoms with van der Waals surface area (Å²) in [6, 6.07) is 6.35. The molecule has 0 unspecified atom stereocenters. The Morgan fingerprint density at radius 1 is 1.26 bits per heavy atom. The summed E-state index contributed by atoms with van der Waals surface area (Å²) in [7, 11) is 0. The minimum absolute atomic E-state index is 0.235. The maximum absolute atomic E-state index is 12.9. The normalized spacial score (nSPS) is 36.4. The van der Waals surface area contributed by atoms with Crippen molar-refractivity contribution in [2.45, 2.75) is 18.6 Å². The molecule has 0 aromatic heterocycles. The molecule has 0 amide bonds. The summed E-state index contributed by atoms with van der Waals surface area (Å²) in [5.74, 6) is 0.970. The summed E-state index contributed by atoms with van der Waals surface area (Å²) < 4.78 is 12.9. The van der Waals surface area contributed by atoms with Gasteiger partial charge >= 0.3 is 0 Å². The van der Waals surface area contributed by atoms with Gasteiger partial charge in [-0.15, -0.1) is 0 Å². The first-order valence-electron chi connectivity index (χ1n) is 6.77. The lowest BCUT2D eigenvalue weighted by molar-refractivity contribution is -0.155. The highest BCUT2D eigenvalue weighted by atomic mass is 19.1. The molecule has 3 saturated heterocycles.